The molecule has 1 aliphatic carbocycles. The van der Waals surface area contributed by atoms with E-state index < -0.39 is 9.17 Å². The van der Waals surface area contributed by atoms with Crippen molar-refractivity contribution in [3.8, 4) is 0 Å². The quantitative estimate of drug-likeness (QED) is 0.194. The molecule has 0 fully saturated rings. The van der Waals surface area contributed by atoms with Crippen molar-refractivity contribution in [3.05, 3.63) is 89.5 Å². The van der Waals surface area contributed by atoms with E-state index in [2.05, 4.69) is 129 Å². The molecule has 2 aromatic rings. The maximum Gasteiger partial charge on any atom is 0.410 e. The van der Waals surface area contributed by atoms with Crippen molar-refractivity contribution in [2.45, 2.75) is 80.1 Å². The predicted octanol–water partition coefficient (Wildman–Crippen LogP) is 2.41. The summed E-state index contributed by atoms with van der Waals surface area (Å²) in [5, 5.41) is 0. The van der Waals surface area contributed by atoms with E-state index >= 15 is 0 Å². The summed E-state index contributed by atoms with van der Waals surface area (Å²) in [7, 11) is -3.38. The van der Waals surface area contributed by atoms with Crippen molar-refractivity contribution in [1.82, 2.24) is 0 Å². The first-order chi connectivity index (χ1) is 21.3. The number of hydrogen-bond acceptors (Lipinski definition) is 6. The zero-order chi connectivity index (χ0) is 32.3. The maximum absolute atomic E-state index is 8.63. The van der Waals surface area contributed by atoms with E-state index in [9.17, 15) is 0 Å². The molecule has 1 aliphatic rings. The van der Waals surface area contributed by atoms with E-state index in [1.165, 1.54) is 39.4 Å². The third-order valence-electron chi connectivity index (χ3n) is 7.52. The molecular weight excluding hydrogens is 866 g/mol. The number of hydrogen-bond donors (Lipinski definition) is 1. The fraction of sp³-hybridized carbons (Fsp3) is 0.486. The zero-order valence-corrected chi connectivity index (χ0v) is 37.2. The van der Waals surface area contributed by atoms with Crippen LogP contribution in [0.2, 0.25) is 0 Å². The number of allylic oxidation sites excluding steroid dienone is 5. The summed E-state index contributed by atoms with van der Waals surface area (Å²) in [6.45, 7) is 20.2. The molecule has 13 N–H and O–H groups in total. The summed E-state index contributed by atoms with van der Waals surface area (Å²) in [4.78, 5) is 20.7. The fourth-order valence-corrected chi connectivity index (χ4v) is 5.75. The minimum atomic E-state index is -3.38. The molecule has 308 valence electrons. The molecule has 13 nitrogen and oxygen atoms in total. The molecule has 0 radical (unpaired) electrons. The Morgan fingerprint density at radius 1 is 0.585 bits per heavy atom. The molecule has 0 saturated heterocycles. The van der Waals surface area contributed by atoms with E-state index in [-0.39, 0.29) is 80.5 Å². The normalized spacial score (nSPS) is 10.0. The van der Waals surface area contributed by atoms with Gasteiger partial charge < -0.3 is 62.2 Å². The van der Waals surface area contributed by atoms with E-state index in [0.717, 1.165) is 77.8 Å². The molecular formula is C37H67Mo2N3O10Si-2. The van der Waals surface area contributed by atoms with Gasteiger partial charge in [0.25, 0.3) is 0 Å². The first-order valence-electron chi connectivity index (χ1n) is 16.7. The minimum Gasteiger partial charge on any atom is -0.870 e. The molecule has 3 rings (SSSR count). The van der Waals surface area contributed by atoms with E-state index in [4.69, 9.17) is 14.1 Å². The molecule has 0 saturated carbocycles. The number of nitrogens with zero attached hydrogens (tertiary/aromatic N) is 3. The minimum absolute atomic E-state index is 0. The smallest absolute Gasteiger partial charge is 0.410 e. The van der Waals surface area contributed by atoms with Crippen LogP contribution >= 0.6 is 0 Å². The second-order valence-electron chi connectivity index (χ2n) is 11.2. The Bertz CT molecular complexity index is 1190. The number of anilines is 2. The molecule has 0 unspecified atom stereocenters. The Kier molecular flexibility index (Phi) is 50.9. The van der Waals surface area contributed by atoms with Gasteiger partial charge in [0.1, 0.15) is 13.1 Å². The van der Waals surface area contributed by atoms with Gasteiger partial charge in [-0.25, -0.2) is 4.58 Å². The third-order valence-corrected chi connectivity index (χ3v) is 7.52. The molecule has 16 heteroatoms. The molecule has 0 aliphatic heterocycles. The summed E-state index contributed by atoms with van der Waals surface area (Å²) in [5.41, 5.74) is 9.09. The molecule has 0 spiro atoms. The van der Waals surface area contributed by atoms with Crippen LogP contribution in [0.4, 0.5) is 11.4 Å². The van der Waals surface area contributed by atoms with Crippen molar-refractivity contribution in [2.24, 2.45) is 0 Å². The van der Waals surface area contributed by atoms with Crippen molar-refractivity contribution in [2.75, 3.05) is 49.1 Å². The van der Waals surface area contributed by atoms with Crippen molar-refractivity contribution in [3.63, 3.8) is 0 Å². The average Bonchev–Trinajstić information content (AvgIpc) is 3.02. The van der Waals surface area contributed by atoms with Gasteiger partial charge in [-0.3, -0.25) is 0 Å². The van der Waals surface area contributed by atoms with Gasteiger partial charge in [0.2, 0.25) is 0 Å². The number of benzene rings is 2. The number of rotatable bonds is 16. The summed E-state index contributed by atoms with van der Waals surface area (Å²) < 4.78 is 11.1. The van der Waals surface area contributed by atoms with Gasteiger partial charge in [0.15, 0.2) is 5.71 Å². The van der Waals surface area contributed by atoms with E-state index in [1.54, 1.807) is 0 Å². The Morgan fingerprint density at radius 2 is 0.868 bits per heavy atom. The van der Waals surface area contributed by atoms with Crippen LogP contribution in [-0.4, -0.2) is 102 Å². The van der Waals surface area contributed by atoms with Crippen LogP contribution in [0.25, 0.3) is 5.57 Å². The van der Waals surface area contributed by atoms with E-state index in [1.807, 2.05) is 0 Å². The van der Waals surface area contributed by atoms with Gasteiger partial charge in [0, 0.05) is 105 Å². The maximum atomic E-state index is 8.63. The topological polar surface area (TPSA) is 287 Å². The summed E-state index contributed by atoms with van der Waals surface area (Å²) in [6.07, 6.45) is 16.3. The van der Waals surface area contributed by atoms with Gasteiger partial charge >= 0.3 is 9.17 Å². The Balaban J connectivity index is -0.000000247. The standard InChI is InChI=1S/C37H54N3.2Mo.HO3Si.7H2O/c1-7-25-38(26-8-2)34-19-13-31(14-20-34)37(32-15-21-35(22-16-32)39(27-9-3)28-10-4)33-17-23-36(24-18-33)40(29-11-5)30-12-6;;;1-4(2)3;;;;;;;/h13-24H,7-12,25-30H2,1-6H3;;;1H;7*1H2/q+1;;;-1;;;;;;;/p-2. The SMILES string of the molecule is CCCN(CCC)c1ccc(C(=C2C=CC(=[N+](CCC)CCC)C=C2)c2ccc(N(CCC)CCC)cc2)cc1.O.O.O.O.O.O=[Si]([O-])O.[Mo].[Mo].[OH-].[OH-]. The summed E-state index contributed by atoms with van der Waals surface area (Å²) >= 11 is 0. The van der Waals surface area contributed by atoms with E-state index in [0.29, 0.717) is 0 Å². The van der Waals surface area contributed by atoms with Gasteiger partial charge in [0.05, 0.1) is 0 Å². The van der Waals surface area contributed by atoms with Crippen molar-refractivity contribution < 1.29 is 99.1 Å². The van der Waals surface area contributed by atoms with Gasteiger partial charge in [-0.15, -0.1) is 0 Å². The second-order valence-corrected chi connectivity index (χ2v) is 11.8. The molecule has 0 amide bonds. The monoisotopic (exact) mass is 937 g/mol. The fourth-order valence-electron chi connectivity index (χ4n) is 5.75. The van der Waals surface area contributed by atoms with Crippen LogP contribution in [0.3, 0.4) is 0 Å². The summed E-state index contributed by atoms with van der Waals surface area (Å²) in [5.74, 6) is 0. The van der Waals surface area contributed by atoms with Gasteiger partial charge in [-0.05, 0) is 84.4 Å². The van der Waals surface area contributed by atoms with Crippen molar-refractivity contribution >= 4 is 31.8 Å². The molecule has 0 heterocycles. The van der Waals surface area contributed by atoms with Crippen LogP contribution in [0.15, 0.2) is 78.4 Å². The molecule has 0 atom stereocenters. The molecule has 0 aromatic heterocycles. The average molecular weight is 934 g/mol. The molecule has 2 aromatic carbocycles. The van der Waals surface area contributed by atoms with Crippen LogP contribution in [0, 0.1) is 0 Å². The second kappa shape index (κ2) is 39.3. The molecule has 0 bridgehead atoms. The summed E-state index contributed by atoms with van der Waals surface area (Å²) in [6, 6.07) is 18.6. The largest absolute Gasteiger partial charge is 0.870 e. The first-order valence-corrected chi connectivity index (χ1v) is 17.9. The van der Waals surface area contributed by atoms with Gasteiger partial charge in [-0.2, -0.15) is 0 Å². The van der Waals surface area contributed by atoms with Crippen LogP contribution in [0.5, 0.6) is 0 Å². The van der Waals surface area contributed by atoms with Gasteiger partial charge in [-0.1, -0.05) is 65.8 Å². The Labute approximate surface area is 347 Å². The Morgan fingerprint density at radius 3 is 1.11 bits per heavy atom. The van der Waals surface area contributed by atoms with Crippen molar-refractivity contribution in [1.29, 1.82) is 0 Å². The third kappa shape index (κ3) is 23.2. The Hall–Kier alpha value is -2.36. The molecule has 53 heavy (non-hydrogen) atoms. The first kappa shape index (κ1) is 68.6. The van der Waals surface area contributed by atoms with Crippen LogP contribution in [-0.2, 0) is 46.6 Å². The van der Waals surface area contributed by atoms with Crippen LogP contribution < -0.4 is 14.6 Å². The predicted molar refractivity (Wildman–Crippen MR) is 209 cm³/mol. The van der Waals surface area contributed by atoms with Crippen LogP contribution in [0.1, 0.15) is 91.2 Å². The zero-order valence-electron chi connectivity index (χ0n) is 32.2.